The largest absolute Gasteiger partial charge is 0.326 e. The van der Waals surface area contributed by atoms with E-state index in [2.05, 4.69) is 20.8 Å². The first kappa shape index (κ1) is 21.3. The Morgan fingerprint density at radius 1 is 0.938 bits per heavy atom. The second-order valence-corrected chi connectivity index (χ2v) is 8.22. The normalized spacial score (nSPS) is 12.6. The van der Waals surface area contributed by atoms with Gasteiger partial charge in [-0.05, 0) is 29.8 Å². The summed E-state index contributed by atoms with van der Waals surface area (Å²) in [6, 6.07) is 13.7. The molecule has 0 radical (unpaired) electrons. The molecule has 4 rings (SSSR count). The molecule has 32 heavy (non-hydrogen) atoms. The molecule has 0 saturated carbocycles. The number of hydrogen-bond donors (Lipinski definition) is 2. The fourth-order valence-corrected chi connectivity index (χ4v) is 4.06. The molecule has 9 nitrogen and oxygen atoms in total. The van der Waals surface area contributed by atoms with Gasteiger partial charge in [-0.15, -0.1) is 10.2 Å². The van der Waals surface area contributed by atoms with Crippen molar-refractivity contribution in [3.63, 3.8) is 0 Å². The van der Waals surface area contributed by atoms with Crippen LogP contribution in [0.4, 0.5) is 10.8 Å². The molecule has 4 amide bonds. The molecule has 0 saturated heterocycles. The molecule has 1 aliphatic heterocycles. The van der Waals surface area contributed by atoms with Crippen LogP contribution in [0.2, 0.25) is 0 Å². The number of aromatic nitrogens is 2. The van der Waals surface area contributed by atoms with Gasteiger partial charge in [-0.25, -0.2) is 0 Å². The molecule has 0 spiro atoms. The van der Waals surface area contributed by atoms with E-state index in [4.69, 9.17) is 0 Å². The fraction of sp³-hybridized carbons (Fsp3) is 0.182. The quantitative estimate of drug-likeness (QED) is 0.535. The molecule has 2 N–H and O–H groups in total. The number of carbonyl (C=O) groups excluding carboxylic acids is 4. The number of nitrogens with one attached hydrogen (secondary N) is 2. The van der Waals surface area contributed by atoms with Gasteiger partial charge < -0.3 is 10.6 Å². The molecule has 0 fully saturated rings. The number of anilines is 2. The third-order valence-corrected chi connectivity index (χ3v) is 5.68. The molecule has 162 valence electrons. The van der Waals surface area contributed by atoms with Crippen molar-refractivity contribution in [2.75, 3.05) is 17.2 Å². The predicted octanol–water partition coefficient (Wildman–Crippen LogP) is 2.52. The van der Waals surface area contributed by atoms with Crippen LogP contribution in [-0.2, 0) is 22.4 Å². The van der Waals surface area contributed by atoms with Gasteiger partial charge in [-0.3, -0.25) is 24.1 Å². The average Bonchev–Trinajstić information content (AvgIpc) is 3.30. The molecule has 1 aromatic heterocycles. The molecule has 3 aromatic rings. The molecule has 0 unspecified atom stereocenters. The van der Waals surface area contributed by atoms with Crippen LogP contribution in [0.1, 0.15) is 38.2 Å². The summed E-state index contributed by atoms with van der Waals surface area (Å²) in [7, 11) is 0. The number of amides is 4. The molecule has 1 aliphatic rings. The van der Waals surface area contributed by atoms with Gasteiger partial charge in [0, 0.05) is 25.6 Å². The lowest BCUT2D eigenvalue weighted by Gasteiger charge is -2.12. The lowest BCUT2D eigenvalue weighted by Crippen LogP contribution is -2.31. The van der Waals surface area contributed by atoms with Crippen LogP contribution >= 0.6 is 11.3 Å². The smallest absolute Gasteiger partial charge is 0.261 e. The van der Waals surface area contributed by atoms with Crippen molar-refractivity contribution in [2.24, 2.45) is 0 Å². The summed E-state index contributed by atoms with van der Waals surface area (Å²) in [5.74, 6) is -1.03. The Morgan fingerprint density at radius 3 is 2.22 bits per heavy atom. The summed E-state index contributed by atoms with van der Waals surface area (Å²) in [4.78, 5) is 49.4. The SMILES string of the molecule is CC(=O)Nc1ccc(CC(=O)Nc2nnc(CCN3C(=O)c4ccccc4C3=O)s2)cc1. The Hall–Kier alpha value is -3.92. The van der Waals surface area contributed by atoms with Crippen LogP contribution in [0.5, 0.6) is 0 Å². The predicted molar refractivity (Wildman–Crippen MR) is 119 cm³/mol. The highest BCUT2D eigenvalue weighted by molar-refractivity contribution is 7.15. The fourth-order valence-electron chi connectivity index (χ4n) is 3.31. The van der Waals surface area contributed by atoms with Crippen molar-refractivity contribution in [3.05, 3.63) is 70.2 Å². The Kier molecular flexibility index (Phi) is 6.04. The third kappa shape index (κ3) is 4.70. The van der Waals surface area contributed by atoms with E-state index in [1.165, 1.54) is 23.2 Å². The third-order valence-electron chi connectivity index (χ3n) is 4.78. The first-order valence-electron chi connectivity index (χ1n) is 9.84. The van der Waals surface area contributed by atoms with E-state index in [-0.39, 0.29) is 36.6 Å². The second kappa shape index (κ2) is 9.06. The monoisotopic (exact) mass is 449 g/mol. The first-order chi connectivity index (χ1) is 15.4. The van der Waals surface area contributed by atoms with Gasteiger partial charge >= 0.3 is 0 Å². The highest BCUT2D eigenvalue weighted by Crippen LogP contribution is 2.23. The minimum absolute atomic E-state index is 0.143. The van der Waals surface area contributed by atoms with Gasteiger partial charge in [0.25, 0.3) is 11.8 Å². The number of rotatable bonds is 7. The van der Waals surface area contributed by atoms with Crippen molar-refractivity contribution in [1.82, 2.24) is 15.1 Å². The maximum absolute atomic E-state index is 12.4. The van der Waals surface area contributed by atoms with Gasteiger partial charge in [-0.1, -0.05) is 35.6 Å². The summed E-state index contributed by atoms with van der Waals surface area (Å²) in [5, 5.41) is 14.3. The topological polar surface area (TPSA) is 121 Å². The van der Waals surface area contributed by atoms with Crippen molar-refractivity contribution < 1.29 is 19.2 Å². The highest BCUT2D eigenvalue weighted by Gasteiger charge is 2.34. The molecule has 0 bridgehead atoms. The average molecular weight is 449 g/mol. The van der Waals surface area contributed by atoms with Crippen LogP contribution in [0, 0.1) is 0 Å². The maximum Gasteiger partial charge on any atom is 0.261 e. The highest BCUT2D eigenvalue weighted by atomic mass is 32.1. The minimum atomic E-state index is -0.312. The Morgan fingerprint density at radius 2 is 1.59 bits per heavy atom. The standard InChI is InChI=1S/C22H19N5O4S/c1-13(28)23-15-8-6-14(7-9-15)12-18(29)24-22-26-25-19(32-22)10-11-27-20(30)16-4-2-3-5-17(16)21(27)31/h2-9H,10-12H2,1H3,(H,23,28)(H,24,26,29). The van der Waals surface area contributed by atoms with E-state index in [1.807, 2.05) is 0 Å². The summed E-state index contributed by atoms with van der Waals surface area (Å²) in [5.41, 5.74) is 2.26. The Balaban J connectivity index is 1.30. The lowest BCUT2D eigenvalue weighted by atomic mass is 10.1. The molecule has 2 aromatic carbocycles. The Labute approximate surface area is 187 Å². The maximum atomic E-state index is 12.4. The number of hydrogen-bond acceptors (Lipinski definition) is 7. The van der Waals surface area contributed by atoms with Crippen molar-refractivity contribution in [2.45, 2.75) is 19.8 Å². The number of fused-ring (bicyclic) bond motifs is 1. The lowest BCUT2D eigenvalue weighted by molar-refractivity contribution is -0.116. The van der Waals surface area contributed by atoms with E-state index in [9.17, 15) is 19.2 Å². The first-order valence-corrected chi connectivity index (χ1v) is 10.7. The zero-order chi connectivity index (χ0) is 22.7. The van der Waals surface area contributed by atoms with E-state index in [0.29, 0.717) is 33.4 Å². The van der Waals surface area contributed by atoms with E-state index >= 15 is 0 Å². The number of nitrogens with zero attached hydrogens (tertiary/aromatic N) is 3. The van der Waals surface area contributed by atoms with Crippen molar-refractivity contribution >= 4 is 45.8 Å². The van der Waals surface area contributed by atoms with Crippen LogP contribution < -0.4 is 10.6 Å². The molecular weight excluding hydrogens is 430 g/mol. The van der Waals surface area contributed by atoms with Crippen LogP contribution in [-0.4, -0.2) is 45.3 Å². The second-order valence-electron chi connectivity index (χ2n) is 7.16. The summed E-state index contributed by atoms with van der Waals surface area (Å²) in [6.07, 6.45) is 0.494. The van der Waals surface area contributed by atoms with Gasteiger partial charge in [0.1, 0.15) is 5.01 Å². The number of imide groups is 1. The molecule has 0 atom stereocenters. The van der Waals surface area contributed by atoms with E-state index < -0.39 is 0 Å². The van der Waals surface area contributed by atoms with Gasteiger partial charge in [-0.2, -0.15) is 0 Å². The van der Waals surface area contributed by atoms with Crippen LogP contribution in [0.15, 0.2) is 48.5 Å². The molecule has 2 heterocycles. The summed E-state index contributed by atoms with van der Waals surface area (Å²) < 4.78 is 0. The van der Waals surface area contributed by atoms with Crippen LogP contribution in [0.3, 0.4) is 0 Å². The van der Waals surface area contributed by atoms with Gasteiger partial charge in [0.15, 0.2) is 0 Å². The van der Waals surface area contributed by atoms with E-state index in [0.717, 1.165) is 5.56 Å². The summed E-state index contributed by atoms with van der Waals surface area (Å²) in [6.45, 7) is 1.62. The molecule has 10 heteroatoms. The minimum Gasteiger partial charge on any atom is -0.326 e. The van der Waals surface area contributed by atoms with Gasteiger partial charge in [0.2, 0.25) is 16.9 Å². The molecule has 0 aliphatic carbocycles. The van der Waals surface area contributed by atoms with Crippen molar-refractivity contribution in [1.29, 1.82) is 0 Å². The zero-order valence-electron chi connectivity index (χ0n) is 17.1. The summed E-state index contributed by atoms with van der Waals surface area (Å²) >= 11 is 1.20. The number of benzene rings is 2. The molecular formula is C22H19N5O4S. The Bertz CT molecular complexity index is 1170. The van der Waals surface area contributed by atoms with Crippen LogP contribution in [0.25, 0.3) is 0 Å². The van der Waals surface area contributed by atoms with Gasteiger partial charge in [0.05, 0.1) is 17.5 Å². The zero-order valence-corrected chi connectivity index (χ0v) is 17.9. The van der Waals surface area contributed by atoms with E-state index in [1.54, 1.807) is 48.5 Å². The van der Waals surface area contributed by atoms with Crippen molar-refractivity contribution in [3.8, 4) is 0 Å². The number of carbonyl (C=O) groups is 4.